The van der Waals surface area contributed by atoms with E-state index >= 15 is 0 Å². The maximum absolute atomic E-state index is 14.2. The summed E-state index contributed by atoms with van der Waals surface area (Å²) >= 11 is 0. The smallest absolute Gasteiger partial charge is 0.408 e. The quantitative estimate of drug-likeness (QED) is 0.108. The van der Waals surface area contributed by atoms with E-state index in [1.807, 2.05) is 80.6 Å². The van der Waals surface area contributed by atoms with Crippen LogP contribution in [0, 0.1) is 11.8 Å². The van der Waals surface area contributed by atoms with Gasteiger partial charge in [-0.1, -0.05) is 86.7 Å². The molecule has 4 N–H and O–H groups in total. The number of carboxylic acid groups (broad SMARTS) is 1. The second kappa shape index (κ2) is 20.8. The molecule has 12 heteroatoms. The van der Waals surface area contributed by atoms with Crippen LogP contribution in [0.25, 0.3) is 0 Å². The molecule has 12 nitrogen and oxygen atoms in total. The number of amides is 4. The Kier molecular flexibility index (Phi) is 16.7. The van der Waals surface area contributed by atoms with Crippen LogP contribution < -0.4 is 16.0 Å². The van der Waals surface area contributed by atoms with E-state index in [-0.39, 0.29) is 30.9 Å². The summed E-state index contributed by atoms with van der Waals surface area (Å²) in [5.74, 6) is -2.30. The molecule has 0 aromatic heterocycles. The molecule has 1 aliphatic rings. The van der Waals surface area contributed by atoms with Crippen molar-refractivity contribution in [2.45, 2.75) is 110 Å². The summed E-state index contributed by atoms with van der Waals surface area (Å²) in [5.41, 5.74) is 1.14. The monoisotopic (exact) mass is 720 g/mol. The molecule has 1 aliphatic heterocycles. The second-order valence-corrected chi connectivity index (χ2v) is 14.6. The first-order valence-electron chi connectivity index (χ1n) is 18.2. The number of carbonyl (C=O) groups is 5. The SMILES string of the molecule is CC(C)C[C@@H](/C=C/[C@H](Cc1ccccc1)C(=O)N1CCCC1C(=O)NC(CCCCNC(=O)OCc1ccccc1)C(=O)O)NC(=O)OC(C)(C)C. The number of ether oxygens (including phenoxy) is 2. The van der Waals surface area contributed by atoms with Gasteiger partial charge in [-0.15, -0.1) is 0 Å². The van der Waals surface area contributed by atoms with Gasteiger partial charge >= 0.3 is 18.2 Å². The third-order valence-electron chi connectivity index (χ3n) is 8.47. The number of benzene rings is 2. The van der Waals surface area contributed by atoms with E-state index in [0.717, 1.165) is 11.1 Å². The predicted octanol–water partition coefficient (Wildman–Crippen LogP) is 6.00. The zero-order valence-corrected chi connectivity index (χ0v) is 31.1. The van der Waals surface area contributed by atoms with E-state index in [0.29, 0.717) is 51.6 Å². The van der Waals surface area contributed by atoms with Crippen molar-refractivity contribution in [1.29, 1.82) is 0 Å². The Morgan fingerprint density at radius 1 is 0.904 bits per heavy atom. The van der Waals surface area contributed by atoms with Crippen LogP contribution in [-0.4, -0.2) is 76.8 Å². The molecule has 1 fully saturated rings. The highest BCUT2D eigenvalue weighted by Crippen LogP contribution is 2.24. The Morgan fingerprint density at radius 2 is 1.56 bits per heavy atom. The molecule has 1 heterocycles. The first-order chi connectivity index (χ1) is 24.7. The van der Waals surface area contributed by atoms with Crippen molar-refractivity contribution in [3.8, 4) is 0 Å². The summed E-state index contributed by atoms with van der Waals surface area (Å²) in [6.07, 6.45) is 5.63. The summed E-state index contributed by atoms with van der Waals surface area (Å²) in [5, 5.41) is 18.1. The fourth-order valence-electron chi connectivity index (χ4n) is 6.01. The van der Waals surface area contributed by atoms with Gasteiger partial charge in [0.1, 0.15) is 24.3 Å². The zero-order valence-electron chi connectivity index (χ0n) is 31.1. The number of carboxylic acids is 1. The van der Waals surface area contributed by atoms with Gasteiger partial charge in [0.25, 0.3) is 0 Å². The van der Waals surface area contributed by atoms with Crippen LogP contribution in [0.5, 0.6) is 0 Å². The van der Waals surface area contributed by atoms with Crippen molar-refractivity contribution in [2.24, 2.45) is 11.8 Å². The van der Waals surface area contributed by atoms with Crippen LogP contribution in [0.3, 0.4) is 0 Å². The molecule has 0 radical (unpaired) electrons. The Hall–Kier alpha value is -4.87. The summed E-state index contributed by atoms with van der Waals surface area (Å²) in [6, 6.07) is 16.5. The van der Waals surface area contributed by atoms with Gasteiger partial charge in [0, 0.05) is 13.1 Å². The van der Waals surface area contributed by atoms with Crippen LogP contribution in [-0.2, 0) is 36.9 Å². The number of aliphatic carboxylic acids is 1. The van der Waals surface area contributed by atoms with Gasteiger partial charge in [0.15, 0.2) is 0 Å². The molecule has 1 saturated heterocycles. The van der Waals surface area contributed by atoms with E-state index in [4.69, 9.17) is 9.47 Å². The van der Waals surface area contributed by atoms with Crippen molar-refractivity contribution in [3.63, 3.8) is 0 Å². The molecule has 4 atom stereocenters. The second-order valence-electron chi connectivity index (χ2n) is 14.6. The number of unbranched alkanes of at least 4 members (excludes halogenated alkanes) is 1. The normalized spacial score (nSPS) is 16.2. The Labute approximate surface area is 307 Å². The van der Waals surface area contributed by atoms with Crippen LogP contribution in [0.15, 0.2) is 72.8 Å². The third-order valence-corrected chi connectivity index (χ3v) is 8.47. The van der Waals surface area contributed by atoms with Crippen molar-refractivity contribution in [2.75, 3.05) is 13.1 Å². The Morgan fingerprint density at radius 3 is 2.17 bits per heavy atom. The number of nitrogens with zero attached hydrogens (tertiary/aromatic N) is 1. The third kappa shape index (κ3) is 15.2. The lowest BCUT2D eigenvalue weighted by Crippen LogP contribution is -2.52. The highest BCUT2D eigenvalue weighted by Gasteiger charge is 2.38. The van der Waals surface area contributed by atoms with Gasteiger partial charge in [0.2, 0.25) is 11.8 Å². The minimum atomic E-state index is -1.17. The van der Waals surface area contributed by atoms with Crippen molar-refractivity contribution in [3.05, 3.63) is 83.9 Å². The minimum Gasteiger partial charge on any atom is -0.480 e. The van der Waals surface area contributed by atoms with Crippen LogP contribution in [0.1, 0.15) is 84.3 Å². The van der Waals surface area contributed by atoms with E-state index in [1.165, 1.54) is 0 Å². The molecule has 0 aliphatic carbocycles. The summed E-state index contributed by atoms with van der Waals surface area (Å²) in [7, 11) is 0. The molecular weight excluding hydrogens is 664 g/mol. The standard InChI is InChI=1S/C40H56N4O8/c1-28(2)25-32(42-39(50)52-40(3,4)5)22-21-31(26-29-15-8-6-9-16-29)36(46)44-24-14-20-34(44)35(45)43-33(37(47)48)19-12-13-23-41-38(49)51-27-30-17-10-7-11-18-30/h6-11,15-18,21-22,28,31-34H,12-14,19-20,23-27H2,1-5H3,(H,41,49)(H,42,50)(H,43,45)(H,47,48)/b22-21+/t31-,32-,33?,34?/m1/s1. The molecular formula is C40H56N4O8. The van der Waals surface area contributed by atoms with E-state index in [1.54, 1.807) is 31.7 Å². The first-order valence-corrected chi connectivity index (χ1v) is 18.2. The van der Waals surface area contributed by atoms with Gasteiger partial charge in [-0.25, -0.2) is 14.4 Å². The van der Waals surface area contributed by atoms with E-state index < -0.39 is 47.7 Å². The summed E-state index contributed by atoms with van der Waals surface area (Å²) in [4.78, 5) is 66.0. The number of alkyl carbamates (subject to hydrolysis) is 2. The van der Waals surface area contributed by atoms with Gasteiger partial charge < -0.3 is 35.4 Å². The van der Waals surface area contributed by atoms with Crippen LogP contribution in [0.2, 0.25) is 0 Å². The molecule has 2 aromatic rings. The molecule has 0 spiro atoms. The lowest BCUT2D eigenvalue weighted by Gasteiger charge is -2.28. The summed E-state index contributed by atoms with van der Waals surface area (Å²) in [6.45, 7) is 10.3. The maximum atomic E-state index is 14.2. The molecule has 52 heavy (non-hydrogen) atoms. The van der Waals surface area contributed by atoms with Gasteiger partial charge in [0.05, 0.1) is 12.0 Å². The number of likely N-dealkylation sites (tertiary alicyclic amines) is 1. The highest BCUT2D eigenvalue weighted by atomic mass is 16.6. The highest BCUT2D eigenvalue weighted by molar-refractivity contribution is 5.92. The number of hydrogen-bond acceptors (Lipinski definition) is 7. The molecule has 2 aromatic carbocycles. The largest absolute Gasteiger partial charge is 0.480 e. The first kappa shape index (κ1) is 41.5. The molecule has 284 valence electrons. The topological polar surface area (TPSA) is 163 Å². The van der Waals surface area contributed by atoms with Gasteiger partial charge in [-0.05, 0) is 82.8 Å². The van der Waals surface area contributed by atoms with Crippen LogP contribution >= 0.6 is 0 Å². The molecule has 3 rings (SSSR count). The average Bonchev–Trinajstić information content (AvgIpc) is 3.58. The fraction of sp³-hybridized carbons (Fsp3) is 0.525. The number of hydrogen-bond donors (Lipinski definition) is 4. The Bertz CT molecular complexity index is 1480. The molecule has 2 unspecified atom stereocenters. The van der Waals surface area contributed by atoms with E-state index in [2.05, 4.69) is 16.0 Å². The maximum Gasteiger partial charge on any atom is 0.408 e. The number of nitrogens with one attached hydrogen (secondary N) is 3. The van der Waals surface area contributed by atoms with Crippen LogP contribution in [0.4, 0.5) is 9.59 Å². The predicted molar refractivity (Wildman–Crippen MR) is 198 cm³/mol. The van der Waals surface area contributed by atoms with Crippen molar-refractivity contribution >= 4 is 30.0 Å². The fourth-order valence-corrected chi connectivity index (χ4v) is 6.01. The molecule has 0 bridgehead atoms. The lowest BCUT2D eigenvalue weighted by atomic mass is 9.95. The Balaban J connectivity index is 1.62. The van der Waals surface area contributed by atoms with Gasteiger partial charge in [-0.2, -0.15) is 0 Å². The van der Waals surface area contributed by atoms with E-state index in [9.17, 15) is 29.1 Å². The average molecular weight is 721 g/mol. The molecule has 4 amide bonds. The number of rotatable bonds is 18. The molecule has 0 saturated carbocycles. The minimum absolute atomic E-state index is 0.147. The van der Waals surface area contributed by atoms with Crippen molar-refractivity contribution < 1.29 is 38.6 Å². The summed E-state index contributed by atoms with van der Waals surface area (Å²) < 4.78 is 10.7. The zero-order chi connectivity index (χ0) is 38.1. The van der Waals surface area contributed by atoms with Crippen molar-refractivity contribution in [1.82, 2.24) is 20.9 Å². The lowest BCUT2D eigenvalue weighted by molar-refractivity contribution is -0.144. The number of carbonyl (C=O) groups excluding carboxylic acids is 4. The van der Waals surface area contributed by atoms with Gasteiger partial charge in [-0.3, -0.25) is 9.59 Å².